The van der Waals surface area contributed by atoms with E-state index in [1.54, 1.807) is 0 Å². The Hall–Kier alpha value is -1.90. The summed E-state index contributed by atoms with van der Waals surface area (Å²) < 4.78 is 0. The van der Waals surface area contributed by atoms with Crippen molar-refractivity contribution in [2.24, 2.45) is 5.92 Å². The number of carbonyl (C=O) groups is 1. The van der Waals surface area contributed by atoms with Crippen LogP contribution >= 0.6 is 0 Å². The second kappa shape index (κ2) is 5.61. The van der Waals surface area contributed by atoms with Gasteiger partial charge in [0, 0.05) is 18.5 Å². The molecule has 1 heterocycles. The van der Waals surface area contributed by atoms with Crippen LogP contribution in [-0.2, 0) is 0 Å². The van der Waals surface area contributed by atoms with Crippen LogP contribution in [0.25, 0.3) is 10.9 Å². The standard InChI is InChI=1S/C17H20N2O/c1-2-11-19(12-13-7-8-13)17(20)16-10-9-14-5-3-4-6-15(14)18-16/h3-6,9-10,13H,2,7-8,11-12H2,1H3. The molecule has 1 saturated carbocycles. The minimum absolute atomic E-state index is 0.0736. The van der Waals surface area contributed by atoms with E-state index in [-0.39, 0.29) is 5.91 Å². The van der Waals surface area contributed by atoms with Crippen LogP contribution in [0.4, 0.5) is 0 Å². The molecule has 0 atom stereocenters. The lowest BCUT2D eigenvalue weighted by atomic mass is 10.2. The molecule has 2 aromatic rings. The van der Waals surface area contributed by atoms with Crippen molar-refractivity contribution in [3.8, 4) is 0 Å². The molecule has 1 aromatic carbocycles. The monoisotopic (exact) mass is 268 g/mol. The summed E-state index contributed by atoms with van der Waals surface area (Å²) in [6.45, 7) is 3.83. The van der Waals surface area contributed by atoms with Crippen molar-refractivity contribution < 1.29 is 4.79 Å². The molecule has 0 bridgehead atoms. The number of hydrogen-bond donors (Lipinski definition) is 0. The van der Waals surface area contributed by atoms with Crippen LogP contribution < -0.4 is 0 Å². The van der Waals surface area contributed by atoms with Gasteiger partial charge in [-0.2, -0.15) is 0 Å². The van der Waals surface area contributed by atoms with E-state index in [1.165, 1.54) is 12.8 Å². The minimum atomic E-state index is 0.0736. The first kappa shape index (κ1) is 13.1. The molecule has 1 aromatic heterocycles. The van der Waals surface area contributed by atoms with E-state index in [0.29, 0.717) is 11.6 Å². The highest BCUT2D eigenvalue weighted by molar-refractivity contribution is 5.94. The first-order valence-corrected chi connectivity index (χ1v) is 7.43. The average molecular weight is 268 g/mol. The van der Waals surface area contributed by atoms with E-state index in [2.05, 4.69) is 11.9 Å². The van der Waals surface area contributed by atoms with Gasteiger partial charge in [0.05, 0.1) is 5.52 Å². The second-order valence-electron chi connectivity index (χ2n) is 5.58. The normalized spacial score (nSPS) is 14.4. The molecular formula is C17H20N2O. The predicted octanol–water partition coefficient (Wildman–Crippen LogP) is 3.50. The van der Waals surface area contributed by atoms with Gasteiger partial charge in [0.1, 0.15) is 5.69 Å². The van der Waals surface area contributed by atoms with Crippen LogP contribution in [0.1, 0.15) is 36.7 Å². The van der Waals surface area contributed by atoms with Crippen LogP contribution in [0.15, 0.2) is 36.4 Å². The Kier molecular flexibility index (Phi) is 3.68. The van der Waals surface area contributed by atoms with Crippen molar-refractivity contribution in [3.63, 3.8) is 0 Å². The number of aromatic nitrogens is 1. The summed E-state index contributed by atoms with van der Waals surface area (Å²) in [7, 11) is 0. The molecule has 0 spiro atoms. The Morgan fingerprint density at radius 1 is 1.25 bits per heavy atom. The third-order valence-corrected chi connectivity index (χ3v) is 3.77. The molecule has 0 radical (unpaired) electrons. The maximum Gasteiger partial charge on any atom is 0.272 e. The van der Waals surface area contributed by atoms with Gasteiger partial charge in [0.15, 0.2) is 0 Å². The van der Waals surface area contributed by atoms with Crippen molar-refractivity contribution in [3.05, 3.63) is 42.1 Å². The smallest absolute Gasteiger partial charge is 0.272 e. The molecule has 3 rings (SSSR count). The van der Waals surface area contributed by atoms with Gasteiger partial charge in [-0.3, -0.25) is 4.79 Å². The molecule has 1 aliphatic carbocycles. The molecule has 3 heteroatoms. The van der Waals surface area contributed by atoms with Gasteiger partial charge in [-0.15, -0.1) is 0 Å². The van der Waals surface area contributed by atoms with E-state index in [4.69, 9.17) is 0 Å². The molecule has 104 valence electrons. The fourth-order valence-corrected chi connectivity index (χ4v) is 2.50. The van der Waals surface area contributed by atoms with Gasteiger partial charge < -0.3 is 4.90 Å². The van der Waals surface area contributed by atoms with E-state index in [9.17, 15) is 4.79 Å². The SMILES string of the molecule is CCCN(CC1CC1)C(=O)c1ccc2ccccc2n1. The van der Waals surface area contributed by atoms with E-state index in [1.807, 2.05) is 41.3 Å². The molecule has 0 saturated heterocycles. The van der Waals surface area contributed by atoms with Crippen LogP contribution in [-0.4, -0.2) is 28.9 Å². The summed E-state index contributed by atoms with van der Waals surface area (Å²) >= 11 is 0. The third-order valence-electron chi connectivity index (χ3n) is 3.77. The Morgan fingerprint density at radius 2 is 2.05 bits per heavy atom. The van der Waals surface area contributed by atoms with Crippen LogP contribution in [0.3, 0.4) is 0 Å². The van der Waals surface area contributed by atoms with Crippen LogP contribution in [0, 0.1) is 5.92 Å². The minimum Gasteiger partial charge on any atom is -0.337 e. The zero-order chi connectivity index (χ0) is 13.9. The molecule has 3 nitrogen and oxygen atoms in total. The Morgan fingerprint density at radius 3 is 2.80 bits per heavy atom. The first-order chi connectivity index (χ1) is 9.78. The Balaban J connectivity index is 1.85. The number of pyridine rings is 1. The Labute approximate surface area is 119 Å². The van der Waals surface area contributed by atoms with Gasteiger partial charge in [-0.25, -0.2) is 4.98 Å². The molecular weight excluding hydrogens is 248 g/mol. The molecule has 1 amide bonds. The highest BCUT2D eigenvalue weighted by Crippen LogP contribution is 2.30. The Bertz CT molecular complexity index is 619. The number of rotatable bonds is 5. The van der Waals surface area contributed by atoms with Crippen molar-refractivity contribution >= 4 is 16.8 Å². The molecule has 1 aliphatic rings. The number of para-hydroxylation sites is 1. The van der Waals surface area contributed by atoms with Crippen LogP contribution in [0.5, 0.6) is 0 Å². The van der Waals surface area contributed by atoms with Crippen molar-refractivity contribution in [2.75, 3.05) is 13.1 Å². The van der Waals surface area contributed by atoms with Crippen molar-refractivity contribution in [1.82, 2.24) is 9.88 Å². The van der Waals surface area contributed by atoms with Gasteiger partial charge in [-0.05, 0) is 37.3 Å². The maximum absolute atomic E-state index is 12.6. The van der Waals surface area contributed by atoms with Gasteiger partial charge in [-0.1, -0.05) is 31.2 Å². The van der Waals surface area contributed by atoms with E-state index in [0.717, 1.165) is 30.4 Å². The largest absolute Gasteiger partial charge is 0.337 e. The summed E-state index contributed by atoms with van der Waals surface area (Å²) in [6, 6.07) is 11.7. The second-order valence-corrected chi connectivity index (χ2v) is 5.58. The summed E-state index contributed by atoms with van der Waals surface area (Å²) in [5.74, 6) is 0.787. The fourth-order valence-electron chi connectivity index (χ4n) is 2.50. The third kappa shape index (κ3) is 2.82. The number of hydrogen-bond acceptors (Lipinski definition) is 2. The van der Waals surface area contributed by atoms with E-state index >= 15 is 0 Å². The summed E-state index contributed by atoms with van der Waals surface area (Å²) in [4.78, 5) is 19.1. The quantitative estimate of drug-likeness (QED) is 0.831. The number of nitrogens with zero attached hydrogens (tertiary/aromatic N) is 2. The van der Waals surface area contributed by atoms with Crippen LogP contribution in [0.2, 0.25) is 0 Å². The average Bonchev–Trinajstić information content (AvgIpc) is 3.29. The highest BCUT2D eigenvalue weighted by Gasteiger charge is 2.27. The molecule has 0 aliphatic heterocycles. The predicted molar refractivity (Wildman–Crippen MR) is 80.7 cm³/mol. The number of carbonyl (C=O) groups excluding carboxylic acids is 1. The molecule has 1 fully saturated rings. The lowest BCUT2D eigenvalue weighted by Crippen LogP contribution is -2.34. The zero-order valence-corrected chi connectivity index (χ0v) is 11.9. The van der Waals surface area contributed by atoms with Crippen molar-refractivity contribution in [1.29, 1.82) is 0 Å². The van der Waals surface area contributed by atoms with Gasteiger partial charge in [0.2, 0.25) is 0 Å². The summed E-state index contributed by atoms with van der Waals surface area (Å²) in [6.07, 6.45) is 3.52. The molecule has 0 N–H and O–H groups in total. The van der Waals surface area contributed by atoms with Gasteiger partial charge in [0.25, 0.3) is 5.91 Å². The highest BCUT2D eigenvalue weighted by atomic mass is 16.2. The zero-order valence-electron chi connectivity index (χ0n) is 11.9. The van der Waals surface area contributed by atoms with Gasteiger partial charge >= 0.3 is 0 Å². The van der Waals surface area contributed by atoms with Crippen molar-refractivity contribution in [2.45, 2.75) is 26.2 Å². The first-order valence-electron chi connectivity index (χ1n) is 7.43. The topological polar surface area (TPSA) is 33.2 Å². The summed E-state index contributed by atoms with van der Waals surface area (Å²) in [5, 5.41) is 1.08. The lowest BCUT2D eigenvalue weighted by molar-refractivity contribution is 0.0742. The number of benzene rings is 1. The number of amides is 1. The lowest BCUT2D eigenvalue weighted by Gasteiger charge is -2.21. The summed E-state index contributed by atoms with van der Waals surface area (Å²) in [5.41, 5.74) is 1.46. The fraction of sp³-hybridized carbons (Fsp3) is 0.412. The maximum atomic E-state index is 12.6. The number of fused-ring (bicyclic) bond motifs is 1. The molecule has 0 unspecified atom stereocenters. The van der Waals surface area contributed by atoms with E-state index < -0.39 is 0 Å². The molecule has 20 heavy (non-hydrogen) atoms.